The largest absolute Gasteiger partial charge is 0.290 e. The first-order valence-corrected chi connectivity index (χ1v) is 8.88. The number of aromatic amines is 1. The van der Waals surface area contributed by atoms with Crippen LogP contribution in [0.25, 0.3) is 11.1 Å². The van der Waals surface area contributed by atoms with E-state index in [1.807, 2.05) is 36.5 Å². The minimum absolute atomic E-state index is 0.117. The molecule has 0 amide bonds. The Kier molecular flexibility index (Phi) is 3.82. The molecule has 0 saturated carbocycles. The third kappa shape index (κ3) is 3.10. The molecule has 0 unspecified atom stereocenters. The fraction of sp³-hybridized carbons (Fsp3) is 0.250. The Morgan fingerprint density at radius 2 is 2.00 bits per heavy atom. The van der Waals surface area contributed by atoms with Crippen LogP contribution in [0.3, 0.4) is 0 Å². The standard InChI is InChI=1S/C16H15N3O2S/c17-9-13-8-14(12-4-2-1-3-5-12)10-18-16(13)19-15-6-7-22(20,21)11-15/h1-5,8,10,15H,6-7,11H2,(H,18,19)/p+1/t15-/m0/s1. The zero-order valence-corrected chi connectivity index (χ0v) is 12.7. The number of hydrogen-bond donors (Lipinski definition) is 1. The molecule has 0 bridgehead atoms. The minimum atomic E-state index is -2.95. The quantitative estimate of drug-likeness (QED) is 0.933. The number of nitrogens with one attached hydrogen (secondary N) is 2. The van der Waals surface area contributed by atoms with E-state index >= 15 is 0 Å². The predicted molar refractivity (Wildman–Crippen MR) is 83.8 cm³/mol. The zero-order valence-electron chi connectivity index (χ0n) is 11.9. The molecule has 1 atom stereocenters. The van der Waals surface area contributed by atoms with Gasteiger partial charge in [-0.2, -0.15) is 5.26 Å². The van der Waals surface area contributed by atoms with Gasteiger partial charge in [0.05, 0.1) is 17.7 Å². The molecule has 5 nitrogen and oxygen atoms in total. The molecule has 1 aromatic heterocycles. The van der Waals surface area contributed by atoms with Crippen LogP contribution in [0.15, 0.2) is 42.6 Å². The summed E-state index contributed by atoms with van der Waals surface area (Å²) in [5, 5.41) is 12.5. The van der Waals surface area contributed by atoms with Crippen molar-refractivity contribution in [3.05, 3.63) is 48.2 Å². The molecule has 112 valence electrons. The lowest BCUT2D eigenvalue weighted by Crippen LogP contribution is -2.26. The SMILES string of the molecule is N#Cc1cc(-c2ccccc2)c[nH+]c1N[C@H]1CCS(=O)(=O)C1. The number of benzene rings is 1. The van der Waals surface area contributed by atoms with Crippen LogP contribution in [0.5, 0.6) is 0 Å². The van der Waals surface area contributed by atoms with Gasteiger partial charge < -0.3 is 0 Å². The molecule has 1 fully saturated rings. The van der Waals surface area contributed by atoms with E-state index in [0.717, 1.165) is 11.1 Å². The summed E-state index contributed by atoms with van der Waals surface area (Å²) in [7, 11) is -2.95. The molecule has 6 heteroatoms. The van der Waals surface area contributed by atoms with Gasteiger partial charge in [0.2, 0.25) is 0 Å². The molecular weight excluding hydrogens is 298 g/mol. The molecule has 3 rings (SSSR count). The highest BCUT2D eigenvalue weighted by Crippen LogP contribution is 2.22. The van der Waals surface area contributed by atoms with Crippen LogP contribution in [0, 0.1) is 11.3 Å². The second-order valence-corrected chi connectivity index (χ2v) is 7.63. The van der Waals surface area contributed by atoms with Gasteiger partial charge in [0.25, 0.3) is 5.82 Å². The van der Waals surface area contributed by atoms with Gasteiger partial charge in [0.1, 0.15) is 17.7 Å². The maximum absolute atomic E-state index is 11.5. The van der Waals surface area contributed by atoms with E-state index < -0.39 is 9.84 Å². The van der Waals surface area contributed by atoms with Gasteiger partial charge in [-0.15, -0.1) is 0 Å². The molecule has 0 aliphatic carbocycles. The summed E-state index contributed by atoms with van der Waals surface area (Å²) in [6.45, 7) is 0. The number of anilines is 1. The van der Waals surface area contributed by atoms with Crippen LogP contribution >= 0.6 is 0 Å². The monoisotopic (exact) mass is 314 g/mol. The minimum Gasteiger partial charge on any atom is -0.270 e. The number of sulfone groups is 1. The van der Waals surface area contributed by atoms with Crippen LogP contribution < -0.4 is 10.3 Å². The molecule has 2 N–H and O–H groups in total. The van der Waals surface area contributed by atoms with Crippen molar-refractivity contribution in [2.45, 2.75) is 12.5 Å². The Hall–Kier alpha value is -2.39. The second kappa shape index (κ2) is 5.78. The van der Waals surface area contributed by atoms with Crippen molar-refractivity contribution in [2.75, 3.05) is 16.8 Å². The molecule has 1 aliphatic rings. The molecule has 2 aromatic rings. The number of nitrogens with zero attached hydrogens (tertiary/aromatic N) is 1. The fourth-order valence-electron chi connectivity index (χ4n) is 2.61. The Labute approximate surface area is 129 Å². The number of aromatic nitrogens is 1. The molecule has 22 heavy (non-hydrogen) atoms. The van der Waals surface area contributed by atoms with Crippen molar-refractivity contribution in [1.29, 1.82) is 5.26 Å². The smallest absolute Gasteiger partial charge is 0.270 e. The first-order chi connectivity index (χ1) is 10.6. The van der Waals surface area contributed by atoms with Crippen LogP contribution in [0.4, 0.5) is 5.82 Å². The Morgan fingerprint density at radius 3 is 2.64 bits per heavy atom. The summed E-state index contributed by atoms with van der Waals surface area (Å²) in [5.74, 6) is 0.894. The number of nitriles is 1. The first kappa shape index (κ1) is 14.5. The maximum Gasteiger partial charge on any atom is 0.290 e. The third-order valence-electron chi connectivity index (χ3n) is 3.75. The van der Waals surface area contributed by atoms with Crippen LogP contribution in [0.2, 0.25) is 0 Å². The highest BCUT2D eigenvalue weighted by molar-refractivity contribution is 7.91. The highest BCUT2D eigenvalue weighted by atomic mass is 32.2. The van der Waals surface area contributed by atoms with E-state index in [4.69, 9.17) is 0 Å². The molecule has 2 heterocycles. The van der Waals surface area contributed by atoms with Crippen molar-refractivity contribution in [1.82, 2.24) is 0 Å². The van der Waals surface area contributed by atoms with Gasteiger partial charge in [0, 0.05) is 12.0 Å². The van der Waals surface area contributed by atoms with Crippen molar-refractivity contribution >= 4 is 15.7 Å². The summed E-state index contributed by atoms with van der Waals surface area (Å²) in [6, 6.07) is 13.6. The fourth-order valence-corrected chi connectivity index (χ4v) is 4.29. The van der Waals surface area contributed by atoms with Gasteiger partial charge in [-0.3, -0.25) is 5.32 Å². The molecular formula is C16H16N3O2S+. The van der Waals surface area contributed by atoms with Gasteiger partial charge in [-0.25, -0.2) is 13.4 Å². The van der Waals surface area contributed by atoms with Crippen molar-refractivity contribution in [3.63, 3.8) is 0 Å². The van der Waals surface area contributed by atoms with E-state index in [0.29, 0.717) is 17.8 Å². The van der Waals surface area contributed by atoms with Crippen LogP contribution in [-0.4, -0.2) is 26.0 Å². The molecule has 0 radical (unpaired) electrons. The highest BCUT2D eigenvalue weighted by Gasteiger charge is 2.32. The lowest BCUT2D eigenvalue weighted by Gasteiger charge is -2.07. The Balaban J connectivity index is 1.86. The van der Waals surface area contributed by atoms with Crippen molar-refractivity contribution in [2.24, 2.45) is 0 Å². The average Bonchev–Trinajstić information content (AvgIpc) is 2.87. The lowest BCUT2D eigenvalue weighted by atomic mass is 10.1. The molecule has 1 aliphatic heterocycles. The van der Waals surface area contributed by atoms with Gasteiger partial charge in [0.15, 0.2) is 9.84 Å². The predicted octanol–water partition coefficient (Wildman–Crippen LogP) is 1.64. The van der Waals surface area contributed by atoms with Crippen LogP contribution in [-0.2, 0) is 9.84 Å². The summed E-state index contributed by atoms with van der Waals surface area (Å²) >= 11 is 0. The topological polar surface area (TPSA) is 84.1 Å². The Morgan fingerprint density at radius 1 is 1.23 bits per heavy atom. The van der Waals surface area contributed by atoms with Crippen molar-refractivity contribution < 1.29 is 13.4 Å². The number of H-pyrrole nitrogens is 1. The normalized spacial score (nSPS) is 19.5. The summed E-state index contributed by atoms with van der Waals surface area (Å²) in [6.07, 6.45) is 2.39. The zero-order chi connectivity index (χ0) is 15.6. The molecule has 1 saturated heterocycles. The summed E-state index contributed by atoms with van der Waals surface area (Å²) in [5.41, 5.74) is 2.41. The van der Waals surface area contributed by atoms with Crippen LogP contribution in [0.1, 0.15) is 12.0 Å². The van der Waals surface area contributed by atoms with E-state index in [1.54, 1.807) is 6.07 Å². The average molecular weight is 314 g/mol. The van der Waals surface area contributed by atoms with E-state index in [9.17, 15) is 13.7 Å². The number of rotatable bonds is 3. The maximum atomic E-state index is 11.5. The van der Waals surface area contributed by atoms with E-state index in [1.165, 1.54) is 0 Å². The van der Waals surface area contributed by atoms with Gasteiger partial charge in [-0.1, -0.05) is 30.3 Å². The molecule has 1 aromatic carbocycles. The first-order valence-electron chi connectivity index (χ1n) is 7.05. The van der Waals surface area contributed by atoms with E-state index in [2.05, 4.69) is 16.4 Å². The van der Waals surface area contributed by atoms with Gasteiger partial charge >= 0.3 is 0 Å². The second-order valence-electron chi connectivity index (χ2n) is 5.40. The third-order valence-corrected chi connectivity index (χ3v) is 5.52. The number of pyridine rings is 1. The Bertz CT molecular complexity index is 826. The van der Waals surface area contributed by atoms with Crippen molar-refractivity contribution in [3.8, 4) is 17.2 Å². The number of hydrogen-bond acceptors (Lipinski definition) is 4. The summed E-state index contributed by atoms with van der Waals surface area (Å²) in [4.78, 5) is 3.08. The van der Waals surface area contributed by atoms with Gasteiger partial charge in [-0.05, 0) is 11.6 Å². The summed E-state index contributed by atoms with van der Waals surface area (Å²) < 4.78 is 23.0. The lowest BCUT2D eigenvalue weighted by molar-refractivity contribution is -0.360. The molecule has 0 spiro atoms. The van der Waals surface area contributed by atoms with E-state index in [-0.39, 0.29) is 17.5 Å².